The van der Waals surface area contributed by atoms with Crippen molar-refractivity contribution in [1.82, 2.24) is 14.9 Å². The van der Waals surface area contributed by atoms with Crippen LogP contribution in [0, 0.1) is 5.92 Å². The SMILES string of the molecule is CN(C)C1CCN(c2ccc(Nc3ncc4c(n3)SCN(c3c(Cl)cccc3Cl)C4=O)cc2CC2CC2)CC1. The van der Waals surface area contributed by atoms with Crippen LogP contribution in [0.3, 0.4) is 0 Å². The maximum Gasteiger partial charge on any atom is 0.263 e. The second kappa shape index (κ2) is 11.2. The fraction of sp³-hybridized carbons (Fsp3) is 0.414. The zero-order valence-electron chi connectivity index (χ0n) is 22.2. The number of fused-ring (bicyclic) bond motifs is 1. The van der Waals surface area contributed by atoms with Crippen LogP contribution in [0.1, 0.15) is 41.6 Å². The Labute approximate surface area is 243 Å². The second-order valence-electron chi connectivity index (χ2n) is 10.8. The Morgan fingerprint density at radius 3 is 2.51 bits per heavy atom. The fourth-order valence-electron chi connectivity index (χ4n) is 5.45. The molecule has 0 unspecified atom stereocenters. The number of benzene rings is 2. The molecule has 1 saturated carbocycles. The van der Waals surface area contributed by atoms with Gasteiger partial charge in [0.15, 0.2) is 0 Å². The monoisotopic (exact) mass is 582 g/mol. The Morgan fingerprint density at radius 2 is 1.82 bits per heavy atom. The molecule has 3 aliphatic rings. The molecule has 0 spiro atoms. The second-order valence-corrected chi connectivity index (χ2v) is 12.5. The van der Waals surface area contributed by atoms with E-state index in [9.17, 15) is 4.79 Å². The van der Waals surface area contributed by atoms with Crippen molar-refractivity contribution in [2.24, 2.45) is 5.92 Å². The molecular formula is C29H32Cl2N6OS. The first-order valence-corrected chi connectivity index (χ1v) is 15.2. The van der Waals surface area contributed by atoms with Gasteiger partial charge in [0, 0.05) is 36.7 Å². The van der Waals surface area contributed by atoms with E-state index in [1.807, 2.05) is 0 Å². The molecule has 2 aromatic carbocycles. The van der Waals surface area contributed by atoms with Gasteiger partial charge in [-0.1, -0.05) is 41.0 Å². The van der Waals surface area contributed by atoms with E-state index >= 15 is 0 Å². The van der Waals surface area contributed by atoms with Crippen molar-refractivity contribution in [3.63, 3.8) is 0 Å². The number of hydrogen-bond acceptors (Lipinski definition) is 7. The van der Waals surface area contributed by atoms with Gasteiger partial charge < -0.3 is 15.1 Å². The quantitative estimate of drug-likeness (QED) is 0.310. The molecule has 204 valence electrons. The largest absolute Gasteiger partial charge is 0.371 e. The predicted molar refractivity (Wildman–Crippen MR) is 161 cm³/mol. The number of halogens is 2. The molecular weight excluding hydrogens is 551 g/mol. The zero-order chi connectivity index (χ0) is 27.1. The van der Waals surface area contributed by atoms with Crippen LogP contribution in [0.2, 0.25) is 10.0 Å². The van der Waals surface area contributed by atoms with Crippen LogP contribution < -0.4 is 15.1 Å². The number of piperidine rings is 1. The molecule has 1 aliphatic carbocycles. The van der Waals surface area contributed by atoms with Crippen LogP contribution in [0.25, 0.3) is 0 Å². The molecule has 7 nitrogen and oxygen atoms in total. The summed E-state index contributed by atoms with van der Waals surface area (Å²) in [6, 6.07) is 12.5. The van der Waals surface area contributed by atoms with E-state index in [1.165, 1.54) is 48.7 Å². The number of aromatic nitrogens is 2. The zero-order valence-corrected chi connectivity index (χ0v) is 24.5. The van der Waals surface area contributed by atoms with Gasteiger partial charge >= 0.3 is 0 Å². The van der Waals surface area contributed by atoms with Gasteiger partial charge in [-0.05, 0) is 88.0 Å². The minimum atomic E-state index is -0.209. The van der Waals surface area contributed by atoms with Crippen LogP contribution in [0.5, 0.6) is 0 Å². The molecule has 0 atom stereocenters. The van der Waals surface area contributed by atoms with Gasteiger partial charge in [0.1, 0.15) is 5.03 Å². The predicted octanol–water partition coefficient (Wildman–Crippen LogP) is 6.72. The number of thioether (sulfide) groups is 1. The number of para-hydroxylation sites is 1. The number of nitrogens with zero attached hydrogens (tertiary/aromatic N) is 5. The van der Waals surface area contributed by atoms with Gasteiger partial charge in [-0.25, -0.2) is 9.97 Å². The fourth-order valence-corrected chi connectivity index (χ4v) is 6.99. The van der Waals surface area contributed by atoms with Gasteiger partial charge in [-0.15, -0.1) is 0 Å². The number of nitrogens with one attached hydrogen (secondary N) is 1. The van der Waals surface area contributed by atoms with E-state index in [1.54, 1.807) is 29.3 Å². The van der Waals surface area contributed by atoms with Crippen LogP contribution >= 0.6 is 35.0 Å². The molecule has 3 aromatic rings. The van der Waals surface area contributed by atoms with E-state index in [-0.39, 0.29) is 5.91 Å². The lowest BCUT2D eigenvalue weighted by Crippen LogP contribution is -2.42. The molecule has 3 heterocycles. The first-order valence-electron chi connectivity index (χ1n) is 13.4. The first kappa shape index (κ1) is 26.7. The van der Waals surface area contributed by atoms with Crippen LogP contribution in [0.4, 0.5) is 23.0 Å². The maximum atomic E-state index is 13.3. The van der Waals surface area contributed by atoms with Crippen molar-refractivity contribution in [1.29, 1.82) is 0 Å². The molecule has 1 saturated heterocycles. The Morgan fingerprint density at radius 1 is 1.08 bits per heavy atom. The van der Waals surface area contributed by atoms with Crippen LogP contribution in [0.15, 0.2) is 47.6 Å². The van der Waals surface area contributed by atoms with Crippen LogP contribution in [-0.2, 0) is 6.42 Å². The average Bonchev–Trinajstić information content (AvgIpc) is 3.74. The molecule has 1 aromatic heterocycles. The number of amides is 1. The molecule has 1 N–H and O–H groups in total. The molecule has 0 bridgehead atoms. The molecule has 2 aliphatic heterocycles. The molecule has 0 radical (unpaired) electrons. The lowest BCUT2D eigenvalue weighted by Gasteiger charge is -2.37. The third kappa shape index (κ3) is 5.71. The molecule has 2 fully saturated rings. The van der Waals surface area contributed by atoms with Crippen molar-refractivity contribution in [2.45, 2.75) is 43.2 Å². The molecule has 10 heteroatoms. The summed E-state index contributed by atoms with van der Waals surface area (Å²) < 4.78 is 0. The number of rotatable bonds is 7. The Balaban J connectivity index is 1.20. The normalized spacial score (nSPS) is 18.0. The van der Waals surface area contributed by atoms with Gasteiger partial charge in [0.05, 0.1) is 27.2 Å². The van der Waals surface area contributed by atoms with E-state index in [2.05, 4.69) is 57.4 Å². The third-order valence-corrected chi connectivity index (χ3v) is 9.43. The van der Waals surface area contributed by atoms with Crippen LogP contribution in [-0.4, -0.2) is 59.9 Å². The number of anilines is 4. The van der Waals surface area contributed by atoms with Crippen molar-refractivity contribution in [2.75, 3.05) is 48.2 Å². The standard InChI is InChI=1S/C29H32Cl2N6OS/c1-35(2)21-10-12-36(13-11-21)25-9-8-20(15-19(25)14-18-6-7-18)33-29-32-16-22-27(34-29)39-17-37(28(22)38)26-23(30)4-3-5-24(26)31/h3-5,8-9,15-16,18,21H,6-7,10-14,17H2,1-2H3,(H,32,33,34). The highest BCUT2D eigenvalue weighted by atomic mass is 35.5. The van der Waals surface area contributed by atoms with Gasteiger partial charge in [0.2, 0.25) is 5.95 Å². The van der Waals surface area contributed by atoms with Crippen molar-refractivity contribution < 1.29 is 4.79 Å². The van der Waals surface area contributed by atoms with Crippen molar-refractivity contribution in [3.05, 3.63) is 63.8 Å². The van der Waals surface area contributed by atoms with E-state index in [0.29, 0.717) is 44.2 Å². The number of carbonyl (C=O) groups excluding carboxylic acids is 1. The summed E-state index contributed by atoms with van der Waals surface area (Å²) in [5.41, 5.74) is 4.67. The van der Waals surface area contributed by atoms with E-state index < -0.39 is 0 Å². The molecule has 6 rings (SSSR count). The summed E-state index contributed by atoms with van der Waals surface area (Å²) in [7, 11) is 4.36. The van der Waals surface area contributed by atoms with Crippen molar-refractivity contribution in [3.8, 4) is 0 Å². The van der Waals surface area contributed by atoms with Gasteiger partial charge in [0.25, 0.3) is 5.91 Å². The summed E-state index contributed by atoms with van der Waals surface area (Å²) in [6.45, 7) is 2.17. The summed E-state index contributed by atoms with van der Waals surface area (Å²) in [5, 5.41) is 4.91. The highest BCUT2D eigenvalue weighted by Crippen LogP contribution is 2.40. The van der Waals surface area contributed by atoms with Crippen molar-refractivity contribution >= 4 is 63.9 Å². The minimum absolute atomic E-state index is 0.209. The summed E-state index contributed by atoms with van der Waals surface area (Å²) in [5.74, 6) is 1.43. The summed E-state index contributed by atoms with van der Waals surface area (Å²) in [4.78, 5) is 28.9. The molecule has 1 amide bonds. The Hall–Kier alpha value is -2.52. The average molecular weight is 584 g/mol. The highest BCUT2D eigenvalue weighted by molar-refractivity contribution is 7.99. The summed E-state index contributed by atoms with van der Waals surface area (Å²) >= 11 is 14.2. The third-order valence-electron chi connectivity index (χ3n) is 7.84. The smallest absolute Gasteiger partial charge is 0.263 e. The highest BCUT2D eigenvalue weighted by Gasteiger charge is 2.31. The van der Waals surface area contributed by atoms with Gasteiger partial charge in [-0.3, -0.25) is 9.69 Å². The lowest BCUT2D eigenvalue weighted by atomic mass is 10.00. The Kier molecular flexibility index (Phi) is 7.64. The first-order chi connectivity index (χ1) is 18.9. The Bertz CT molecular complexity index is 1370. The van der Waals surface area contributed by atoms with E-state index in [0.717, 1.165) is 31.1 Å². The molecule has 39 heavy (non-hydrogen) atoms. The van der Waals surface area contributed by atoms with Gasteiger partial charge in [-0.2, -0.15) is 0 Å². The minimum Gasteiger partial charge on any atom is -0.371 e. The number of carbonyl (C=O) groups is 1. The maximum absolute atomic E-state index is 13.3. The summed E-state index contributed by atoms with van der Waals surface area (Å²) in [6.07, 6.45) is 7.70. The number of hydrogen-bond donors (Lipinski definition) is 1. The lowest BCUT2D eigenvalue weighted by molar-refractivity contribution is 0.0985. The topological polar surface area (TPSA) is 64.6 Å². The van der Waals surface area contributed by atoms with E-state index in [4.69, 9.17) is 23.2 Å².